The highest BCUT2D eigenvalue weighted by Gasteiger charge is 2.02. The molecule has 0 spiro atoms. The van der Waals surface area contributed by atoms with Crippen LogP contribution < -0.4 is 5.32 Å². The number of rotatable bonds is 5. The zero-order chi connectivity index (χ0) is 10.3. The summed E-state index contributed by atoms with van der Waals surface area (Å²) in [6.45, 7) is 2.05. The van der Waals surface area contributed by atoms with E-state index in [1.54, 1.807) is 0 Å². The van der Waals surface area contributed by atoms with Crippen LogP contribution in [0.1, 0.15) is 12.0 Å². The fraction of sp³-hybridized carbons (Fsp3) is 0.286. The lowest BCUT2D eigenvalue weighted by atomic mass is 10.1. The maximum absolute atomic E-state index is 3.46. The fourth-order valence-corrected chi connectivity index (χ4v) is 1.77. The maximum Gasteiger partial charge on any atom is 0.0205 e. The van der Waals surface area contributed by atoms with Gasteiger partial charge in [-0.25, -0.2) is 0 Å². The van der Waals surface area contributed by atoms with E-state index in [-0.39, 0.29) is 0 Å². The third kappa shape index (κ3) is 3.37. The van der Waals surface area contributed by atoms with E-state index in [9.17, 15) is 0 Å². The predicted octanol–water partition coefficient (Wildman–Crippen LogP) is 2.91. The molecule has 1 aliphatic rings. The fourth-order valence-electron chi connectivity index (χ4n) is 1.77. The number of hydrogen-bond acceptors (Lipinski definition) is 1. The number of benzene rings is 1. The lowest BCUT2D eigenvalue weighted by molar-refractivity contribution is 0.608. The topological polar surface area (TPSA) is 12.0 Å². The van der Waals surface area contributed by atoms with Crippen molar-refractivity contribution >= 4 is 0 Å². The average Bonchev–Trinajstić information content (AvgIpc) is 2.79. The van der Waals surface area contributed by atoms with Gasteiger partial charge < -0.3 is 5.32 Å². The standard InChI is InChI=1S/C14H17N/c1-2-8-14(9-3-1)12-15-11-10-13-6-4-5-7-13/h1-9,13,15H,10-12H2. The Hall–Kier alpha value is -1.34. The monoisotopic (exact) mass is 199 g/mol. The van der Waals surface area contributed by atoms with Gasteiger partial charge in [-0.2, -0.15) is 0 Å². The zero-order valence-corrected chi connectivity index (χ0v) is 8.89. The summed E-state index contributed by atoms with van der Waals surface area (Å²) in [4.78, 5) is 0. The van der Waals surface area contributed by atoms with Crippen LogP contribution in [0.2, 0.25) is 0 Å². The van der Waals surface area contributed by atoms with Gasteiger partial charge in [0.2, 0.25) is 0 Å². The highest BCUT2D eigenvalue weighted by atomic mass is 14.8. The predicted molar refractivity (Wildman–Crippen MR) is 64.5 cm³/mol. The van der Waals surface area contributed by atoms with Crippen LogP contribution in [0.4, 0.5) is 0 Å². The molecule has 1 aromatic rings. The molecular weight excluding hydrogens is 182 g/mol. The zero-order valence-electron chi connectivity index (χ0n) is 8.89. The Labute approximate surface area is 91.5 Å². The summed E-state index contributed by atoms with van der Waals surface area (Å²) in [5.74, 6) is 0.647. The van der Waals surface area contributed by atoms with Crippen LogP contribution in [0.15, 0.2) is 54.6 Å². The van der Waals surface area contributed by atoms with Gasteiger partial charge in [-0.15, -0.1) is 0 Å². The summed E-state index contributed by atoms with van der Waals surface area (Å²) in [7, 11) is 0. The summed E-state index contributed by atoms with van der Waals surface area (Å²) in [5.41, 5.74) is 1.36. The molecule has 1 aromatic carbocycles. The van der Waals surface area contributed by atoms with Crippen molar-refractivity contribution in [2.45, 2.75) is 13.0 Å². The van der Waals surface area contributed by atoms with Crippen molar-refractivity contribution in [1.29, 1.82) is 0 Å². The second-order valence-electron chi connectivity index (χ2n) is 3.88. The summed E-state index contributed by atoms with van der Waals surface area (Å²) >= 11 is 0. The summed E-state index contributed by atoms with van der Waals surface area (Å²) in [5, 5.41) is 3.46. The summed E-state index contributed by atoms with van der Waals surface area (Å²) in [6, 6.07) is 10.5. The second kappa shape index (κ2) is 5.52. The van der Waals surface area contributed by atoms with Crippen molar-refractivity contribution in [3.05, 3.63) is 60.2 Å². The van der Waals surface area contributed by atoms with E-state index in [1.165, 1.54) is 12.0 Å². The van der Waals surface area contributed by atoms with Crippen molar-refractivity contribution in [1.82, 2.24) is 5.32 Å². The minimum absolute atomic E-state index is 0.647. The molecule has 2 rings (SSSR count). The first-order valence-electron chi connectivity index (χ1n) is 5.55. The Kier molecular flexibility index (Phi) is 3.75. The molecule has 0 bridgehead atoms. The molecule has 78 valence electrons. The van der Waals surface area contributed by atoms with E-state index in [1.807, 2.05) is 0 Å². The van der Waals surface area contributed by atoms with Crippen molar-refractivity contribution in [2.75, 3.05) is 6.54 Å². The van der Waals surface area contributed by atoms with Crippen LogP contribution in [-0.4, -0.2) is 6.54 Å². The Morgan fingerprint density at radius 2 is 1.73 bits per heavy atom. The van der Waals surface area contributed by atoms with E-state index in [0.717, 1.165) is 13.1 Å². The van der Waals surface area contributed by atoms with Crippen LogP contribution >= 0.6 is 0 Å². The van der Waals surface area contributed by atoms with Gasteiger partial charge in [0.25, 0.3) is 0 Å². The van der Waals surface area contributed by atoms with E-state index in [4.69, 9.17) is 0 Å². The lowest BCUT2D eigenvalue weighted by Crippen LogP contribution is -2.16. The van der Waals surface area contributed by atoms with Gasteiger partial charge >= 0.3 is 0 Å². The van der Waals surface area contributed by atoms with Gasteiger partial charge in [0.1, 0.15) is 0 Å². The van der Waals surface area contributed by atoms with Crippen LogP contribution in [0, 0.1) is 5.92 Å². The van der Waals surface area contributed by atoms with E-state index < -0.39 is 0 Å². The van der Waals surface area contributed by atoms with Crippen LogP contribution in [0.5, 0.6) is 0 Å². The van der Waals surface area contributed by atoms with Gasteiger partial charge in [-0.3, -0.25) is 0 Å². The van der Waals surface area contributed by atoms with Crippen molar-refractivity contribution in [3.63, 3.8) is 0 Å². The van der Waals surface area contributed by atoms with Gasteiger partial charge in [0.15, 0.2) is 0 Å². The molecule has 15 heavy (non-hydrogen) atoms. The van der Waals surface area contributed by atoms with E-state index >= 15 is 0 Å². The molecule has 1 aliphatic carbocycles. The van der Waals surface area contributed by atoms with Gasteiger partial charge in [-0.05, 0) is 24.4 Å². The normalized spacial score (nSPS) is 14.9. The molecule has 0 saturated heterocycles. The Morgan fingerprint density at radius 3 is 2.47 bits per heavy atom. The molecule has 1 heteroatoms. The minimum Gasteiger partial charge on any atom is -0.313 e. The quantitative estimate of drug-likeness (QED) is 0.719. The molecule has 0 aliphatic heterocycles. The molecule has 0 heterocycles. The second-order valence-corrected chi connectivity index (χ2v) is 3.88. The Balaban J connectivity index is 1.63. The molecule has 0 saturated carbocycles. The largest absolute Gasteiger partial charge is 0.313 e. The highest BCUT2D eigenvalue weighted by molar-refractivity contribution is 5.17. The molecule has 0 atom stereocenters. The molecule has 1 nitrogen and oxygen atoms in total. The lowest BCUT2D eigenvalue weighted by Gasteiger charge is -2.07. The number of nitrogens with one attached hydrogen (secondary N) is 1. The average molecular weight is 199 g/mol. The molecule has 0 fully saturated rings. The van der Waals surface area contributed by atoms with E-state index in [2.05, 4.69) is 60.0 Å². The molecule has 0 radical (unpaired) electrons. The summed E-state index contributed by atoms with van der Waals surface area (Å²) < 4.78 is 0. The first kappa shape index (κ1) is 10.2. The number of allylic oxidation sites excluding steroid dienone is 4. The van der Waals surface area contributed by atoms with Crippen LogP contribution in [0.3, 0.4) is 0 Å². The minimum atomic E-state index is 0.647. The van der Waals surface area contributed by atoms with Crippen molar-refractivity contribution in [3.8, 4) is 0 Å². The number of hydrogen-bond donors (Lipinski definition) is 1. The summed E-state index contributed by atoms with van der Waals surface area (Å²) in [6.07, 6.45) is 9.96. The Bertz CT molecular complexity index is 326. The van der Waals surface area contributed by atoms with Gasteiger partial charge in [0.05, 0.1) is 0 Å². The van der Waals surface area contributed by atoms with Crippen LogP contribution in [0.25, 0.3) is 0 Å². The third-order valence-electron chi connectivity index (χ3n) is 2.65. The first-order chi connectivity index (χ1) is 7.45. The SMILES string of the molecule is C1=CC(CCNCc2ccccc2)C=C1. The molecule has 0 aromatic heterocycles. The third-order valence-corrected chi connectivity index (χ3v) is 2.65. The Morgan fingerprint density at radius 1 is 1.00 bits per heavy atom. The molecule has 0 unspecified atom stereocenters. The smallest absolute Gasteiger partial charge is 0.0205 e. The van der Waals surface area contributed by atoms with E-state index in [0.29, 0.717) is 5.92 Å². The van der Waals surface area contributed by atoms with Gasteiger partial charge in [-0.1, -0.05) is 54.6 Å². The maximum atomic E-state index is 3.46. The van der Waals surface area contributed by atoms with Crippen LogP contribution in [-0.2, 0) is 6.54 Å². The molecule has 1 N–H and O–H groups in total. The molecule has 0 amide bonds. The highest BCUT2D eigenvalue weighted by Crippen LogP contribution is 2.11. The van der Waals surface area contributed by atoms with Gasteiger partial charge in [0, 0.05) is 6.54 Å². The van der Waals surface area contributed by atoms with Crippen molar-refractivity contribution < 1.29 is 0 Å². The van der Waals surface area contributed by atoms with Crippen molar-refractivity contribution in [2.24, 2.45) is 5.92 Å². The first-order valence-corrected chi connectivity index (χ1v) is 5.55. The molecular formula is C14H17N.